The van der Waals surface area contributed by atoms with Crippen molar-refractivity contribution in [2.75, 3.05) is 5.75 Å². The largest absolute Gasteiger partial charge is 0.300 e. The first-order valence-electron chi connectivity index (χ1n) is 7.66. The fourth-order valence-corrected chi connectivity index (χ4v) is 3.60. The minimum atomic E-state index is 0.184. The number of hydrogen-bond acceptors (Lipinski definition) is 2. The molecule has 0 N–H and O–H groups in total. The standard InChI is InChI=1S/C17H24Cl2OS/c1-3-5-6-7-8-14(20)12-17(21-4-2)13-9-10-15(18)16(19)11-13/h9-11,17H,3-8,12H2,1-2H3. The Balaban J connectivity index is 2.60. The zero-order valence-electron chi connectivity index (χ0n) is 12.8. The summed E-state index contributed by atoms with van der Waals surface area (Å²) in [6, 6.07) is 5.68. The maximum atomic E-state index is 12.1. The lowest BCUT2D eigenvalue weighted by molar-refractivity contribution is -0.119. The van der Waals surface area contributed by atoms with Crippen LogP contribution in [-0.4, -0.2) is 11.5 Å². The summed E-state index contributed by atoms with van der Waals surface area (Å²) < 4.78 is 0. The van der Waals surface area contributed by atoms with Crippen LogP contribution < -0.4 is 0 Å². The fraction of sp³-hybridized carbons (Fsp3) is 0.588. The van der Waals surface area contributed by atoms with E-state index in [1.54, 1.807) is 11.8 Å². The molecule has 1 aromatic rings. The first-order valence-corrected chi connectivity index (χ1v) is 9.47. The minimum absolute atomic E-state index is 0.184. The molecule has 0 saturated carbocycles. The maximum Gasteiger partial charge on any atom is 0.134 e. The van der Waals surface area contributed by atoms with Gasteiger partial charge in [-0.3, -0.25) is 4.79 Å². The van der Waals surface area contributed by atoms with E-state index < -0.39 is 0 Å². The first-order chi connectivity index (χ1) is 10.1. The molecular weight excluding hydrogens is 323 g/mol. The average molecular weight is 347 g/mol. The summed E-state index contributed by atoms with van der Waals surface area (Å²) in [5.41, 5.74) is 1.10. The van der Waals surface area contributed by atoms with Crippen molar-refractivity contribution in [1.82, 2.24) is 0 Å². The fourth-order valence-electron chi connectivity index (χ4n) is 2.24. The number of halogens is 2. The van der Waals surface area contributed by atoms with E-state index in [1.165, 1.54) is 12.8 Å². The summed E-state index contributed by atoms with van der Waals surface area (Å²) in [4.78, 5) is 12.1. The van der Waals surface area contributed by atoms with E-state index in [-0.39, 0.29) is 5.25 Å². The maximum absolute atomic E-state index is 12.1. The topological polar surface area (TPSA) is 17.1 Å². The quantitative estimate of drug-likeness (QED) is 0.437. The second kappa shape index (κ2) is 10.5. The summed E-state index contributed by atoms with van der Waals surface area (Å²) in [7, 11) is 0. The van der Waals surface area contributed by atoms with Gasteiger partial charge >= 0.3 is 0 Å². The van der Waals surface area contributed by atoms with E-state index in [0.29, 0.717) is 28.7 Å². The molecule has 1 nitrogen and oxygen atoms in total. The van der Waals surface area contributed by atoms with Gasteiger partial charge in [-0.1, -0.05) is 62.4 Å². The van der Waals surface area contributed by atoms with Crippen molar-refractivity contribution >= 4 is 40.7 Å². The highest BCUT2D eigenvalue weighted by Gasteiger charge is 2.16. The molecule has 0 aliphatic carbocycles. The smallest absolute Gasteiger partial charge is 0.134 e. The van der Waals surface area contributed by atoms with Crippen LogP contribution in [0.15, 0.2) is 18.2 Å². The highest BCUT2D eigenvalue weighted by atomic mass is 35.5. The molecule has 0 heterocycles. The normalized spacial score (nSPS) is 12.4. The van der Waals surface area contributed by atoms with E-state index in [2.05, 4.69) is 13.8 Å². The number of Topliss-reactive ketones (excluding diaryl/α,β-unsaturated/α-hetero) is 1. The molecule has 0 aliphatic rings. The van der Waals surface area contributed by atoms with Crippen molar-refractivity contribution in [2.24, 2.45) is 0 Å². The number of thioether (sulfide) groups is 1. The van der Waals surface area contributed by atoms with Crippen LogP contribution in [-0.2, 0) is 4.79 Å². The summed E-state index contributed by atoms with van der Waals surface area (Å²) in [5.74, 6) is 1.33. The Morgan fingerprint density at radius 1 is 1.14 bits per heavy atom. The van der Waals surface area contributed by atoms with Crippen molar-refractivity contribution < 1.29 is 4.79 Å². The number of unbranched alkanes of at least 4 members (excludes halogenated alkanes) is 3. The van der Waals surface area contributed by atoms with Gasteiger partial charge in [0.1, 0.15) is 5.78 Å². The number of ketones is 1. The number of rotatable bonds is 10. The number of carbonyl (C=O) groups excluding carboxylic acids is 1. The van der Waals surface area contributed by atoms with Crippen molar-refractivity contribution in [3.05, 3.63) is 33.8 Å². The molecule has 1 aromatic carbocycles. The lowest BCUT2D eigenvalue weighted by Crippen LogP contribution is -2.05. The van der Waals surface area contributed by atoms with Gasteiger partial charge in [-0.2, -0.15) is 11.8 Å². The lowest BCUT2D eigenvalue weighted by atomic mass is 10.0. The Labute approximate surface area is 142 Å². The van der Waals surface area contributed by atoms with Crippen LogP contribution in [0.2, 0.25) is 10.0 Å². The minimum Gasteiger partial charge on any atom is -0.300 e. The van der Waals surface area contributed by atoms with Gasteiger partial charge in [0.15, 0.2) is 0 Å². The van der Waals surface area contributed by atoms with Crippen LogP contribution in [0.25, 0.3) is 0 Å². The third kappa shape index (κ3) is 7.08. The zero-order chi connectivity index (χ0) is 15.7. The Morgan fingerprint density at radius 2 is 1.90 bits per heavy atom. The average Bonchev–Trinajstić information content (AvgIpc) is 2.46. The molecule has 0 aromatic heterocycles. The molecule has 0 fully saturated rings. The van der Waals surface area contributed by atoms with Gasteiger partial charge in [0.2, 0.25) is 0 Å². The van der Waals surface area contributed by atoms with Crippen LogP contribution >= 0.6 is 35.0 Å². The van der Waals surface area contributed by atoms with Crippen molar-refractivity contribution in [3.63, 3.8) is 0 Å². The van der Waals surface area contributed by atoms with E-state index >= 15 is 0 Å². The Morgan fingerprint density at radius 3 is 2.52 bits per heavy atom. The predicted octanol–water partition coefficient (Wildman–Crippen LogP) is 6.72. The van der Waals surface area contributed by atoms with Gasteiger partial charge in [-0.05, 0) is 29.9 Å². The first kappa shape index (κ1) is 18.9. The van der Waals surface area contributed by atoms with E-state index in [4.69, 9.17) is 23.2 Å². The predicted molar refractivity (Wildman–Crippen MR) is 95.7 cm³/mol. The van der Waals surface area contributed by atoms with E-state index in [1.807, 2.05) is 18.2 Å². The molecule has 0 radical (unpaired) electrons. The second-order valence-corrected chi connectivity index (χ2v) is 7.47. The monoisotopic (exact) mass is 346 g/mol. The Hall–Kier alpha value is -0.180. The molecule has 0 amide bonds. The Bertz CT molecular complexity index is 448. The summed E-state index contributed by atoms with van der Waals surface area (Å²) in [5, 5.41) is 1.31. The van der Waals surface area contributed by atoms with Gasteiger partial charge in [0.05, 0.1) is 10.0 Å². The number of benzene rings is 1. The molecule has 1 atom stereocenters. The van der Waals surface area contributed by atoms with Crippen LogP contribution in [0, 0.1) is 0 Å². The van der Waals surface area contributed by atoms with Crippen LogP contribution in [0.1, 0.15) is 63.2 Å². The lowest BCUT2D eigenvalue weighted by Gasteiger charge is -2.16. The summed E-state index contributed by atoms with van der Waals surface area (Å²) in [6.45, 7) is 4.29. The molecule has 0 aliphatic heterocycles. The van der Waals surface area contributed by atoms with Gasteiger partial charge in [-0.15, -0.1) is 0 Å². The molecule has 1 unspecified atom stereocenters. The number of hydrogen-bond donors (Lipinski definition) is 0. The molecular formula is C17H24Cl2OS. The van der Waals surface area contributed by atoms with Crippen LogP contribution in [0.3, 0.4) is 0 Å². The zero-order valence-corrected chi connectivity index (χ0v) is 15.2. The molecule has 4 heteroatoms. The van der Waals surface area contributed by atoms with E-state index in [0.717, 1.165) is 24.2 Å². The SMILES string of the molecule is CCCCCCC(=O)CC(SCC)c1ccc(Cl)c(Cl)c1. The summed E-state index contributed by atoms with van der Waals surface area (Å²) >= 11 is 13.8. The third-order valence-corrected chi connectivity index (χ3v) is 5.32. The molecule has 0 saturated heterocycles. The van der Waals surface area contributed by atoms with Gasteiger partial charge in [0, 0.05) is 18.1 Å². The van der Waals surface area contributed by atoms with Crippen LogP contribution in [0.4, 0.5) is 0 Å². The van der Waals surface area contributed by atoms with Gasteiger partial charge in [0.25, 0.3) is 0 Å². The van der Waals surface area contributed by atoms with Gasteiger partial charge in [-0.25, -0.2) is 0 Å². The highest BCUT2D eigenvalue weighted by molar-refractivity contribution is 7.99. The molecule has 0 spiro atoms. The molecule has 0 bridgehead atoms. The van der Waals surface area contributed by atoms with Crippen molar-refractivity contribution in [2.45, 2.75) is 57.6 Å². The second-order valence-electron chi connectivity index (χ2n) is 5.17. The number of carbonyl (C=O) groups is 1. The Kier molecular flexibility index (Phi) is 9.46. The van der Waals surface area contributed by atoms with Crippen molar-refractivity contribution in [3.8, 4) is 0 Å². The summed E-state index contributed by atoms with van der Waals surface area (Å²) in [6.07, 6.45) is 5.86. The van der Waals surface area contributed by atoms with Gasteiger partial charge < -0.3 is 0 Å². The third-order valence-electron chi connectivity index (χ3n) is 3.41. The highest BCUT2D eigenvalue weighted by Crippen LogP contribution is 2.35. The molecule has 21 heavy (non-hydrogen) atoms. The molecule has 1 rings (SSSR count). The van der Waals surface area contributed by atoms with Crippen molar-refractivity contribution in [1.29, 1.82) is 0 Å². The molecule has 118 valence electrons. The van der Waals surface area contributed by atoms with Crippen LogP contribution in [0.5, 0.6) is 0 Å². The van der Waals surface area contributed by atoms with E-state index in [9.17, 15) is 4.79 Å².